The average Bonchev–Trinajstić information content (AvgIpc) is 2.32. The van der Waals surface area contributed by atoms with Crippen molar-refractivity contribution in [2.24, 2.45) is 0 Å². The van der Waals surface area contributed by atoms with Crippen molar-refractivity contribution in [2.45, 2.75) is 20.0 Å². The third kappa shape index (κ3) is 5.28. The number of phenolic OH excluding ortho intramolecular Hbond substituents is 2. The molecule has 1 aromatic rings. The Hall–Kier alpha value is -1.59. The molecule has 1 rings (SSSR count). The monoisotopic (exact) mass is 267 g/mol. The number of phenols is 2. The number of hydrogen-bond donors (Lipinski definition) is 2. The number of aromatic hydroxyl groups is 2. The molecule has 0 aliphatic carbocycles. The number of Topliss-reactive ketones (excluding diaryl/α,β-unsaturated/α-hetero) is 1. The van der Waals surface area contributed by atoms with Crippen molar-refractivity contribution < 1.29 is 19.7 Å². The van der Waals surface area contributed by atoms with Crippen LogP contribution in [0.15, 0.2) is 18.2 Å². The zero-order chi connectivity index (χ0) is 14.4. The molecule has 0 aliphatic heterocycles. The molecule has 0 aliphatic rings. The van der Waals surface area contributed by atoms with Gasteiger partial charge in [0, 0.05) is 12.1 Å². The lowest BCUT2D eigenvalue weighted by Gasteiger charge is -2.17. The van der Waals surface area contributed by atoms with Crippen LogP contribution in [0, 0.1) is 0 Å². The first kappa shape index (κ1) is 15.5. The molecule has 0 unspecified atom stereocenters. The topological polar surface area (TPSA) is 70.0 Å². The highest BCUT2D eigenvalue weighted by Gasteiger charge is 2.11. The van der Waals surface area contributed by atoms with Crippen LogP contribution in [0.5, 0.6) is 11.5 Å². The van der Waals surface area contributed by atoms with Crippen LogP contribution in [0.2, 0.25) is 0 Å². The molecule has 0 spiro atoms. The van der Waals surface area contributed by atoms with E-state index in [2.05, 4.69) is 0 Å². The van der Waals surface area contributed by atoms with E-state index in [0.717, 1.165) is 0 Å². The number of ketones is 1. The predicted octanol–water partition coefficient (Wildman–Crippen LogP) is 1.64. The maximum Gasteiger partial charge on any atom is 0.176 e. The van der Waals surface area contributed by atoms with Gasteiger partial charge in [-0.3, -0.25) is 9.69 Å². The Bertz CT molecular complexity index is 431. The van der Waals surface area contributed by atoms with E-state index in [-0.39, 0.29) is 29.9 Å². The summed E-state index contributed by atoms with van der Waals surface area (Å²) in [5.74, 6) is -0.616. The molecule has 19 heavy (non-hydrogen) atoms. The van der Waals surface area contributed by atoms with Gasteiger partial charge in [0.15, 0.2) is 17.3 Å². The van der Waals surface area contributed by atoms with Crippen LogP contribution >= 0.6 is 0 Å². The smallest absolute Gasteiger partial charge is 0.176 e. The van der Waals surface area contributed by atoms with Gasteiger partial charge in [-0.25, -0.2) is 0 Å². The molecule has 0 bridgehead atoms. The Morgan fingerprint density at radius 2 is 2.00 bits per heavy atom. The van der Waals surface area contributed by atoms with E-state index in [0.29, 0.717) is 18.7 Å². The Balaban J connectivity index is 2.47. The summed E-state index contributed by atoms with van der Waals surface area (Å²) in [5, 5.41) is 18.5. The minimum Gasteiger partial charge on any atom is -0.504 e. The fraction of sp³-hybridized carbons (Fsp3) is 0.500. The average molecular weight is 267 g/mol. The summed E-state index contributed by atoms with van der Waals surface area (Å²) in [4.78, 5) is 13.8. The van der Waals surface area contributed by atoms with Gasteiger partial charge in [0.1, 0.15) is 0 Å². The largest absolute Gasteiger partial charge is 0.504 e. The molecular formula is C14H21NO4. The first-order valence-corrected chi connectivity index (χ1v) is 6.25. The second kappa shape index (κ2) is 7.11. The number of hydrogen-bond acceptors (Lipinski definition) is 5. The number of carbonyl (C=O) groups excluding carboxylic acids is 1. The van der Waals surface area contributed by atoms with E-state index in [9.17, 15) is 15.0 Å². The van der Waals surface area contributed by atoms with Gasteiger partial charge in [-0.15, -0.1) is 0 Å². The van der Waals surface area contributed by atoms with E-state index in [1.54, 1.807) is 0 Å². The molecule has 0 fully saturated rings. The fourth-order valence-electron chi connectivity index (χ4n) is 1.56. The number of nitrogens with zero attached hydrogens (tertiary/aromatic N) is 1. The molecule has 0 atom stereocenters. The van der Waals surface area contributed by atoms with Crippen LogP contribution in [-0.2, 0) is 4.74 Å². The van der Waals surface area contributed by atoms with E-state index < -0.39 is 0 Å². The van der Waals surface area contributed by atoms with Crippen molar-refractivity contribution in [3.63, 3.8) is 0 Å². The lowest BCUT2D eigenvalue weighted by molar-refractivity contribution is 0.0619. The van der Waals surface area contributed by atoms with E-state index in [1.807, 2.05) is 25.8 Å². The molecule has 5 heteroatoms. The van der Waals surface area contributed by atoms with Crippen LogP contribution in [0.4, 0.5) is 0 Å². The van der Waals surface area contributed by atoms with Gasteiger partial charge in [0.2, 0.25) is 0 Å². The molecule has 0 saturated heterocycles. The summed E-state index contributed by atoms with van der Waals surface area (Å²) in [7, 11) is 1.84. The van der Waals surface area contributed by atoms with Crippen LogP contribution in [0.25, 0.3) is 0 Å². The molecule has 1 aromatic carbocycles. The van der Waals surface area contributed by atoms with Crippen molar-refractivity contribution in [2.75, 3.05) is 26.7 Å². The molecule has 0 saturated carbocycles. The third-order valence-corrected chi connectivity index (χ3v) is 2.64. The standard InChI is InChI=1S/C14H21NO4/c1-10(2)19-7-6-15(3)9-14(18)11-4-5-12(16)13(17)8-11/h4-5,8,10,16-17H,6-7,9H2,1-3H3. The third-order valence-electron chi connectivity index (χ3n) is 2.64. The van der Waals surface area contributed by atoms with Gasteiger partial charge < -0.3 is 14.9 Å². The molecule has 106 valence electrons. The fourth-order valence-corrected chi connectivity index (χ4v) is 1.56. The SMILES string of the molecule is CC(C)OCCN(C)CC(=O)c1ccc(O)c(O)c1. The lowest BCUT2D eigenvalue weighted by Crippen LogP contribution is -2.29. The molecule has 0 heterocycles. The number of likely N-dealkylation sites (N-methyl/N-ethyl adjacent to an activating group) is 1. The zero-order valence-corrected chi connectivity index (χ0v) is 11.6. The number of carbonyl (C=O) groups is 1. The predicted molar refractivity (Wildman–Crippen MR) is 72.7 cm³/mol. The maximum atomic E-state index is 11.9. The summed E-state index contributed by atoms with van der Waals surface area (Å²) >= 11 is 0. The van der Waals surface area contributed by atoms with Gasteiger partial charge in [-0.1, -0.05) is 0 Å². The number of rotatable bonds is 7. The van der Waals surface area contributed by atoms with Gasteiger partial charge in [-0.05, 0) is 39.1 Å². The minimum atomic E-state index is -0.281. The summed E-state index contributed by atoms with van der Waals surface area (Å²) < 4.78 is 5.41. The van der Waals surface area contributed by atoms with Gasteiger partial charge in [-0.2, -0.15) is 0 Å². The number of benzene rings is 1. The molecule has 0 aromatic heterocycles. The highest BCUT2D eigenvalue weighted by Crippen LogP contribution is 2.25. The van der Waals surface area contributed by atoms with Crippen LogP contribution in [0.3, 0.4) is 0 Å². The Kier molecular flexibility index (Phi) is 5.79. The first-order chi connectivity index (χ1) is 8.90. The highest BCUT2D eigenvalue weighted by atomic mass is 16.5. The summed E-state index contributed by atoms with van der Waals surface area (Å²) in [5.41, 5.74) is 0.381. The van der Waals surface area contributed by atoms with E-state index in [4.69, 9.17) is 4.74 Å². The van der Waals surface area contributed by atoms with E-state index >= 15 is 0 Å². The van der Waals surface area contributed by atoms with Crippen LogP contribution in [-0.4, -0.2) is 53.7 Å². The quantitative estimate of drug-likeness (QED) is 0.580. The number of ether oxygens (including phenoxy) is 1. The first-order valence-electron chi connectivity index (χ1n) is 6.25. The minimum absolute atomic E-state index is 0.109. The van der Waals surface area contributed by atoms with Crippen molar-refractivity contribution in [3.05, 3.63) is 23.8 Å². The van der Waals surface area contributed by atoms with Crippen LogP contribution < -0.4 is 0 Å². The van der Waals surface area contributed by atoms with Crippen molar-refractivity contribution in [3.8, 4) is 11.5 Å². The van der Waals surface area contributed by atoms with Gasteiger partial charge in [0.25, 0.3) is 0 Å². The maximum absolute atomic E-state index is 11.9. The zero-order valence-electron chi connectivity index (χ0n) is 11.6. The second-order valence-electron chi connectivity index (χ2n) is 4.78. The second-order valence-corrected chi connectivity index (χ2v) is 4.78. The Morgan fingerprint density at radius 3 is 2.58 bits per heavy atom. The molecular weight excluding hydrogens is 246 g/mol. The van der Waals surface area contributed by atoms with Crippen molar-refractivity contribution >= 4 is 5.78 Å². The van der Waals surface area contributed by atoms with E-state index in [1.165, 1.54) is 18.2 Å². The Labute approximate surface area is 113 Å². The van der Waals surface area contributed by atoms with Crippen molar-refractivity contribution in [1.82, 2.24) is 4.90 Å². The molecule has 0 radical (unpaired) electrons. The Morgan fingerprint density at radius 1 is 1.32 bits per heavy atom. The summed E-state index contributed by atoms with van der Waals surface area (Å²) in [6, 6.07) is 4.08. The normalized spacial score (nSPS) is 11.2. The molecule has 2 N–H and O–H groups in total. The van der Waals surface area contributed by atoms with Crippen LogP contribution in [0.1, 0.15) is 24.2 Å². The van der Waals surface area contributed by atoms with Crippen molar-refractivity contribution in [1.29, 1.82) is 0 Å². The lowest BCUT2D eigenvalue weighted by atomic mass is 10.1. The molecule has 5 nitrogen and oxygen atoms in total. The summed E-state index contributed by atoms with van der Waals surface area (Å²) in [6.45, 7) is 5.40. The molecule has 0 amide bonds. The summed E-state index contributed by atoms with van der Waals surface area (Å²) in [6.07, 6.45) is 0.179. The highest BCUT2D eigenvalue weighted by molar-refractivity contribution is 5.98. The van der Waals surface area contributed by atoms with Gasteiger partial charge in [0.05, 0.1) is 19.3 Å². The van der Waals surface area contributed by atoms with Gasteiger partial charge >= 0.3 is 0 Å².